The Balaban J connectivity index is 1.79. The van der Waals surface area contributed by atoms with E-state index in [9.17, 15) is 9.59 Å². The van der Waals surface area contributed by atoms with Crippen molar-refractivity contribution in [1.29, 1.82) is 0 Å². The normalized spacial score (nSPS) is 19.2. The lowest BCUT2D eigenvalue weighted by atomic mass is 9.95. The van der Waals surface area contributed by atoms with Crippen molar-refractivity contribution in [3.05, 3.63) is 34.9 Å². The zero-order valence-electron chi connectivity index (χ0n) is 11.5. The first kappa shape index (κ1) is 13.1. The highest BCUT2D eigenvalue weighted by Gasteiger charge is 2.47. The minimum Gasteiger partial charge on any atom is -0.338 e. The van der Waals surface area contributed by atoms with Crippen molar-refractivity contribution in [2.75, 3.05) is 6.54 Å². The second-order valence-electron chi connectivity index (χ2n) is 5.96. The fourth-order valence-corrected chi connectivity index (χ4v) is 2.72. The highest BCUT2D eigenvalue weighted by atomic mass is 16.5. The molecule has 1 aliphatic heterocycles. The molecule has 0 radical (unpaired) electrons. The molecule has 0 atom stereocenters. The van der Waals surface area contributed by atoms with E-state index in [0.717, 1.165) is 30.4 Å². The zero-order chi connectivity index (χ0) is 14.3. The number of nitrogens with one attached hydrogen (secondary N) is 1. The maximum absolute atomic E-state index is 12.3. The molecule has 0 aromatic heterocycles. The Morgan fingerprint density at radius 3 is 2.70 bits per heavy atom. The Bertz CT molecular complexity index is 578. The van der Waals surface area contributed by atoms with Gasteiger partial charge in [-0.1, -0.05) is 13.0 Å². The number of hydrogen-bond acceptors (Lipinski definition) is 3. The van der Waals surface area contributed by atoms with Crippen molar-refractivity contribution < 1.29 is 14.8 Å². The van der Waals surface area contributed by atoms with Crippen LogP contribution >= 0.6 is 0 Å². The van der Waals surface area contributed by atoms with Gasteiger partial charge in [0.1, 0.15) is 0 Å². The number of carbonyl (C=O) groups is 2. The molecule has 1 aromatic rings. The van der Waals surface area contributed by atoms with Crippen molar-refractivity contribution in [1.82, 2.24) is 10.4 Å². The predicted molar refractivity (Wildman–Crippen MR) is 72.2 cm³/mol. The van der Waals surface area contributed by atoms with Gasteiger partial charge in [-0.15, -0.1) is 0 Å². The molecule has 3 rings (SSSR count). The molecule has 0 saturated heterocycles. The molecule has 1 saturated carbocycles. The lowest BCUT2D eigenvalue weighted by Gasteiger charge is -2.31. The number of benzene rings is 1. The Labute approximate surface area is 117 Å². The summed E-state index contributed by atoms with van der Waals surface area (Å²) < 4.78 is 0. The molecule has 1 aromatic carbocycles. The number of hydrogen-bond donors (Lipinski definition) is 2. The standard InChI is InChI=1S/C15H18N2O3/c1-15(5-6-15)14(19)17-7-4-10-8-11(13(18)16-20)2-3-12(10)9-17/h2-3,8,20H,4-7,9H2,1H3,(H,16,18). The number of hydroxylamine groups is 1. The van der Waals surface area contributed by atoms with Crippen LogP contribution < -0.4 is 5.48 Å². The summed E-state index contributed by atoms with van der Waals surface area (Å²) in [7, 11) is 0. The minimum absolute atomic E-state index is 0.131. The molecule has 2 amide bonds. The number of nitrogens with zero attached hydrogens (tertiary/aromatic N) is 1. The number of carbonyl (C=O) groups excluding carboxylic acids is 2. The second-order valence-corrected chi connectivity index (χ2v) is 5.96. The zero-order valence-corrected chi connectivity index (χ0v) is 11.5. The first-order valence-electron chi connectivity index (χ1n) is 6.89. The van der Waals surface area contributed by atoms with Crippen LogP contribution in [0, 0.1) is 5.41 Å². The summed E-state index contributed by atoms with van der Waals surface area (Å²) in [6.45, 7) is 3.34. The van der Waals surface area contributed by atoms with E-state index >= 15 is 0 Å². The third-order valence-electron chi connectivity index (χ3n) is 4.39. The van der Waals surface area contributed by atoms with Gasteiger partial charge < -0.3 is 4.90 Å². The van der Waals surface area contributed by atoms with Crippen molar-refractivity contribution in [3.8, 4) is 0 Å². The van der Waals surface area contributed by atoms with Crippen LogP contribution in [0.25, 0.3) is 0 Å². The van der Waals surface area contributed by atoms with Crippen LogP contribution in [0.5, 0.6) is 0 Å². The monoisotopic (exact) mass is 274 g/mol. The quantitative estimate of drug-likeness (QED) is 0.634. The van der Waals surface area contributed by atoms with Gasteiger partial charge >= 0.3 is 0 Å². The molecule has 5 nitrogen and oxygen atoms in total. The lowest BCUT2D eigenvalue weighted by molar-refractivity contribution is -0.137. The van der Waals surface area contributed by atoms with Crippen LogP contribution in [0.15, 0.2) is 18.2 Å². The summed E-state index contributed by atoms with van der Waals surface area (Å²) in [6, 6.07) is 5.34. The molecule has 1 heterocycles. The van der Waals surface area contributed by atoms with Gasteiger partial charge in [0.25, 0.3) is 5.91 Å². The molecule has 1 aliphatic carbocycles. The van der Waals surface area contributed by atoms with Crippen molar-refractivity contribution in [2.45, 2.75) is 32.7 Å². The van der Waals surface area contributed by atoms with Gasteiger partial charge in [0.2, 0.25) is 5.91 Å². The molecule has 20 heavy (non-hydrogen) atoms. The summed E-state index contributed by atoms with van der Waals surface area (Å²) in [6.07, 6.45) is 2.74. The van der Waals surface area contributed by atoms with E-state index in [0.29, 0.717) is 18.7 Å². The summed E-state index contributed by atoms with van der Waals surface area (Å²) in [5.41, 5.74) is 4.12. The van der Waals surface area contributed by atoms with Gasteiger partial charge in [-0.3, -0.25) is 14.8 Å². The van der Waals surface area contributed by atoms with Gasteiger partial charge in [-0.05, 0) is 42.5 Å². The van der Waals surface area contributed by atoms with Crippen LogP contribution in [0.1, 0.15) is 41.3 Å². The molecule has 5 heteroatoms. The van der Waals surface area contributed by atoms with Gasteiger partial charge in [0.15, 0.2) is 0 Å². The fraction of sp³-hybridized carbons (Fsp3) is 0.467. The summed E-state index contributed by atoms with van der Waals surface area (Å²) >= 11 is 0. The average Bonchev–Trinajstić information content (AvgIpc) is 3.23. The molecule has 2 N–H and O–H groups in total. The van der Waals surface area contributed by atoms with Crippen LogP contribution in [-0.4, -0.2) is 28.5 Å². The molecule has 0 bridgehead atoms. The molecular weight excluding hydrogens is 256 g/mol. The molecule has 0 unspecified atom stereocenters. The van der Waals surface area contributed by atoms with Gasteiger partial charge in [-0.2, -0.15) is 0 Å². The summed E-state index contributed by atoms with van der Waals surface area (Å²) in [5.74, 6) is -0.253. The number of amides is 2. The average molecular weight is 274 g/mol. The van der Waals surface area contributed by atoms with E-state index in [4.69, 9.17) is 5.21 Å². The van der Waals surface area contributed by atoms with Gasteiger partial charge in [0.05, 0.1) is 0 Å². The molecule has 106 valence electrons. The summed E-state index contributed by atoms with van der Waals surface area (Å²) in [5, 5.41) is 8.65. The minimum atomic E-state index is -0.503. The maximum Gasteiger partial charge on any atom is 0.274 e. The Morgan fingerprint density at radius 1 is 1.30 bits per heavy atom. The number of fused-ring (bicyclic) bond motifs is 1. The third-order valence-corrected chi connectivity index (χ3v) is 4.39. The Morgan fingerprint density at radius 2 is 2.05 bits per heavy atom. The molecular formula is C15H18N2O3. The smallest absolute Gasteiger partial charge is 0.274 e. The van der Waals surface area contributed by atoms with Crippen molar-refractivity contribution >= 4 is 11.8 Å². The van der Waals surface area contributed by atoms with Crippen molar-refractivity contribution in [2.24, 2.45) is 5.41 Å². The largest absolute Gasteiger partial charge is 0.338 e. The fourth-order valence-electron chi connectivity index (χ4n) is 2.72. The second kappa shape index (κ2) is 4.59. The first-order valence-corrected chi connectivity index (χ1v) is 6.89. The van der Waals surface area contributed by atoms with E-state index in [1.807, 2.05) is 17.9 Å². The van der Waals surface area contributed by atoms with Crippen molar-refractivity contribution in [3.63, 3.8) is 0 Å². The first-order chi connectivity index (χ1) is 9.53. The van der Waals surface area contributed by atoms with Crippen LogP contribution in [0.4, 0.5) is 0 Å². The third kappa shape index (κ3) is 2.18. The highest BCUT2D eigenvalue weighted by molar-refractivity contribution is 5.93. The van der Waals surface area contributed by atoms with E-state index < -0.39 is 5.91 Å². The highest BCUT2D eigenvalue weighted by Crippen LogP contribution is 2.47. The van der Waals surface area contributed by atoms with E-state index in [1.54, 1.807) is 17.6 Å². The Kier molecular flexibility index (Phi) is 3.01. The van der Waals surface area contributed by atoms with Gasteiger partial charge in [-0.25, -0.2) is 5.48 Å². The SMILES string of the molecule is CC1(C(=O)N2CCc3cc(C(=O)NO)ccc3C2)CC1. The summed E-state index contributed by atoms with van der Waals surface area (Å²) in [4.78, 5) is 25.6. The number of rotatable bonds is 2. The maximum atomic E-state index is 12.3. The van der Waals surface area contributed by atoms with E-state index in [2.05, 4.69) is 0 Å². The Hall–Kier alpha value is -1.88. The van der Waals surface area contributed by atoms with Gasteiger partial charge in [0, 0.05) is 24.1 Å². The molecule has 2 aliphatic rings. The van der Waals surface area contributed by atoms with Crippen LogP contribution in [-0.2, 0) is 17.8 Å². The molecule has 0 spiro atoms. The van der Waals surface area contributed by atoms with Crippen LogP contribution in [0.3, 0.4) is 0 Å². The predicted octanol–water partition coefficient (Wildman–Crippen LogP) is 1.49. The topological polar surface area (TPSA) is 69.6 Å². The molecule has 1 fully saturated rings. The van der Waals surface area contributed by atoms with E-state index in [1.165, 1.54) is 0 Å². The lowest BCUT2D eigenvalue weighted by Crippen LogP contribution is -2.39. The van der Waals surface area contributed by atoms with Crippen LogP contribution in [0.2, 0.25) is 0 Å². The van der Waals surface area contributed by atoms with E-state index in [-0.39, 0.29) is 11.3 Å².